The number of hydrogen-bond acceptors (Lipinski definition) is 6. The van der Waals surface area contributed by atoms with Gasteiger partial charge in [-0.2, -0.15) is 0 Å². The van der Waals surface area contributed by atoms with Gasteiger partial charge in [-0.1, -0.05) is 13.8 Å². The minimum absolute atomic E-state index is 0.103. The van der Waals surface area contributed by atoms with Crippen molar-refractivity contribution in [2.24, 2.45) is 0 Å². The van der Waals surface area contributed by atoms with Gasteiger partial charge < -0.3 is 10.0 Å². The SMILES string of the molecule is CCC(CC)N(CCO)c1ccc2nnnn2n1. The summed E-state index contributed by atoms with van der Waals surface area (Å²) in [7, 11) is 0. The number of fused-ring (bicyclic) bond motifs is 1. The molecule has 2 rings (SSSR count). The van der Waals surface area contributed by atoms with Gasteiger partial charge in [0.05, 0.1) is 6.61 Å². The average molecular weight is 250 g/mol. The molecule has 2 heterocycles. The van der Waals surface area contributed by atoms with Gasteiger partial charge in [0.2, 0.25) is 0 Å². The highest BCUT2D eigenvalue weighted by Crippen LogP contribution is 2.17. The standard InChI is InChI=1S/C11H18N6O/c1-3-9(4-2)16(7-8-18)11-6-5-10-12-14-15-17(10)13-11/h5-6,9,18H,3-4,7-8H2,1-2H3. The van der Waals surface area contributed by atoms with Crippen LogP contribution in [0.2, 0.25) is 0 Å². The molecule has 0 aliphatic heterocycles. The van der Waals surface area contributed by atoms with Gasteiger partial charge in [0.25, 0.3) is 0 Å². The summed E-state index contributed by atoms with van der Waals surface area (Å²) in [6.07, 6.45) is 2.01. The number of anilines is 1. The number of hydrogen-bond donors (Lipinski definition) is 1. The number of aliphatic hydroxyl groups excluding tert-OH is 1. The molecule has 0 saturated carbocycles. The Morgan fingerprint density at radius 2 is 2.11 bits per heavy atom. The van der Waals surface area contributed by atoms with Crippen LogP contribution in [0.1, 0.15) is 26.7 Å². The van der Waals surface area contributed by atoms with Crippen LogP contribution in [0.5, 0.6) is 0 Å². The largest absolute Gasteiger partial charge is 0.395 e. The lowest BCUT2D eigenvalue weighted by Crippen LogP contribution is -2.37. The lowest BCUT2D eigenvalue weighted by molar-refractivity contribution is 0.295. The van der Waals surface area contributed by atoms with Crippen LogP contribution in [-0.4, -0.2) is 49.6 Å². The fourth-order valence-corrected chi connectivity index (χ4v) is 2.11. The summed E-state index contributed by atoms with van der Waals surface area (Å²) in [5.41, 5.74) is 0.618. The van der Waals surface area contributed by atoms with E-state index in [0.717, 1.165) is 18.7 Å². The zero-order chi connectivity index (χ0) is 13.0. The van der Waals surface area contributed by atoms with E-state index in [-0.39, 0.29) is 6.61 Å². The number of aliphatic hydroxyl groups is 1. The highest BCUT2D eigenvalue weighted by molar-refractivity contribution is 5.45. The molecule has 0 saturated heterocycles. The van der Waals surface area contributed by atoms with Crippen molar-refractivity contribution in [2.75, 3.05) is 18.1 Å². The van der Waals surface area contributed by atoms with Crippen LogP contribution in [-0.2, 0) is 0 Å². The first-order chi connectivity index (χ1) is 8.80. The summed E-state index contributed by atoms with van der Waals surface area (Å²) in [5.74, 6) is 0.789. The van der Waals surface area contributed by atoms with E-state index in [1.54, 1.807) is 0 Å². The van der Waals surface area contributed by atoms with Crippen LogP contribution in [0.15, 0.2) is 12.1 Å². The molecule has 0 atom stereocenters. The van der Waals surface area contributed by atoms with E-state index in [2.05, 4.69) is 39.4 Å². The normalized spacial score (nSPS) is 11.3. The van der Waals surface area contributed by atoms with Crippen molar-refractivity contribution in [3.05, 3.63) is 12.1 Å². The van der Waals surface area contributed by atoms with Crippen LogP contribution in [0.25, 0.3) is 5.65 Å². The molecular formula is C11H18N6O. The first-order valence-electron chi connectivity index (χ1n) is 6.23. The van der Waals surface area contributed by atoms with Crippen molar-refractivity contribution in [1.29, 1.82) is 0 Å². The van der Waals surface area contributed by atoms with Crippen molar-refractivity contribution in [1.82, 2.24) is 25.3 Å². The molecular weight excluding hydrogens is 232 g/mol. The minimum Gasteiger partial charge on any atom is -0.395 e. The van der Waals surface area contributed by atoms with E-state index >= 15 is 0 Å². The predicted octanol–water partition coefficient (Wildman–Crippen LogP) is 0.507. The molecule has 0 aromatic carbocycles. The molecule has 0 aliphatic carbocycles. The Morgan fingerprint density at radius 3 is 2.78 bits per heavy atom. The quantitative estimate of drug-likeness (QED) is 0.804. The van der Waals surface area contributed by atoms with Gasteiger partial charge in [-0.3, -0.25) is 0 Å². The first-order valence-corrected chi connectivity index (χ1v) is 6.23. The molecule has 0 fully saturated rings. The van der Waals surface area contributed by atoms with Gasteiger partial charge in [-0.05, 0) is 35.4 Å². The summed E-state index contributed by atoms with van der Waals surface area (Å²) >= 11 is 0. The predicted molar refractivity (Wildman–Crippen MR) is 67.4 cm³/mol. The van der Waals surface area contributed by atoms with E-state index in [1.807, 2.05) is 12.1 Å². The zero-order valence-corrected chi connectivity index (χ0v) is 10.7. The number of tetrazole rings is 1. The molecule has 0 spiro atoms. The van der Waals surface area contributed by atoms with Crippen molar-refractivity contribution in [3.63, 3.8) is 0 Å². The van der Waals surface area contributed by atoms with Crippen molar-refractivity contribution < 1.29 is 5.11 Å². The Kier molecular flexibility index (Phi) is 4.03. The Labute approximate surface area is 105 Å². The number of rotatable bonds is 6. The molecule has 0 aliphatic rings. The zero-order valence-electron chi connectivity index (χ0n) is 10.7. The molecule has 7 heteroatoms. The molecule has 0 amide bonds. The van der Waals surface area contributed by atoms with Gasteiger partial charge >= 0.3 is 0 Å². The fourth-order valence-electron chi connectivity index (χ4n) is 2.11. The lowest BCUT2D eigenvalue weighted by atomic mass is 10.1. The van der Waals surface area contributed by atoms with Crippen LogP contribution < -0.4 is 4.90 Å². The van der Waals surface area contributed by atoms with Gasteiger partial charge in [0.15, 0.2) is 11.5 Å². The Bertz CT molecular complexity index is 495. The molecule has 2 aromatic heterocycles. The smallest absolute Gasteiger partial charge is 0.200 e. The third-order valence-electron chi connectivity index (χ3n) is 3.07. The maximum absolute atomic E-state index is 9.19. The van der Waals surface area contributed by atoms with Crippen molar-refractivity contribution >= 4 is 11.5 Å². The number of nitrogens with zero attached hydrogens (tertiary/aromatic N) is 6. The number of aromatic nitrogens is 5. The maximum Gasteiger partial charge on any atom is 0.200 e. The second-order valence-corrected chi connectivity index (χ2v) is 4.11. The van der Waals surface area contributed by atoms with Gasteiger partial charge in [0, 0.05) is 12.6 Å². The van der Waals surface area contributed by atoms with Crippen molar-refractivity contribution in [2.45, 2.75) is 32.7 Å². The molecule has 7 nitrogen and oxygen atoms in total. The molecule has 98 valence electrons. The van der Waals surface area contributed by atoms with E-state index in [4.69, 9.17) is 0 Å². The van der Waals surface area contributed by atoms with Crippen LogP contribution >= 0.6 is 0 Å². The Balaban J connectivity index is 2.33. The third kappa shape index (κ3) is 2.40. The second-order valence-electron chi connectivity index (χ2n) is 4.11. The highest BCUT2D eigenvalue weighted by atomic mass is 16.3. The molecule has 1 N–H and O–H groups in total. The van der Waals surface area contributed by atoms with Crippen LogP contribution in [0, 0.1) is 0 Å². The molecule has 2 aromatic rings. The van der Waals surface area contributed by atoms with Gasteiger partial charge in [-0.25, -0.2) is 0 Å². The summed E-state index contributed by atoms with van der Waals surface area (Å²) in [6, 6.07) is 4.08. The average Bonchev–Trinajstić information content (AvgIpc) is 2.86. The first kappa shape index (κ1) is 12.7. The monoisotopic (exact) mass is 250 g/mol. The van der Waals surface area contributed by atoms with Gasteiger partial charge in [-0.15, -0.1) is 14.8 Å². The topological polar surface area (TPSA) is 79.4 Å². The molecule has 0 radical (unpaired) electrons. The summed E-state index contributed by atoms with van der Waals surface area (Å²) < 4.78 is 1.40. The highest BCUT2D eigenvalue weighted by Gasteiger charge is 2.17. The Hall–Kier alpha value is -1.76. The maximum atomic E-state index is 9.19. The summed E-state index contributed by atoms with van der Waals surface area (Å²) in [6.45, 7) is 4.93. The fraction of sp³-hybridized carbons (Fsp3) is 0.636. The van der Waals surface area contributed by atoms with E-state index in [1.165, 1.54) is 4.63 Å². The van der Waals surface area contributed by atoms with E-state index in [0.29, 0.717) is 18.2 Å². The van der Waals surface area contributed by atoms with Crippen LogP contribution in [0.3, 0.4) is 0 Å². The van der Waals surface area contributed by atoms with Gasteiger partial charge in [0.1, 0.15) is 0 Å². The van der Waals surface area contributed by atoms with Crippen molar-refractivity contribution in [3.8, 4) is 0 Å². The minimum atomic E-state index is 0.103. The molecule has 0 unspecified atom stereocenters. The van der Waals surface area contributed by atoms with E-state index in [9.17, 15) is 5.11 Å². The molecule has 18 heavy (non-hydrogen) atoms. The summed E-state index contributed by atoms with van der Waals surface area (Å²) in [5, 5.41) is 24.7. The second kappa shape index (κ2) is 5.72. The molecule has 0 bridgehead atoms. The lowest BCUT2D eigenvalue weighted by Gasteiger charge is -2.30. The third-order valence-corrected chi connectivity index (χ3v) is 3.07. The van der Waals surface area contributed by atoms with E-state index < -0.39 is 0 Å². The van der Waals surface area contributed by atoms with Crippen LogP contribution in [0.4, 0.5) is 5.82 Å². The Morgan fingerprint density at radius 1 is 1.33 bits per heavy atom. The summed E-state index contributed by atoms with van der Waals surface area (Å²) in [4.78, 5) is 2.10.